The molecule has 0 amide bonds. The molecule has 0 saturated carbocycles. The van der Waals surface area contributed by atoms with Crippen molar-refractivity contribution in [2.45, 2.75) is 45.4 Å². The fraction of sp³-hybridized carbons (Fsp3) is 0.438. The number of imidazole rings is 1. The first kappa shape index (κ1) is 14.1. The van der Waals surface area contributed by atoms with Crippen LogP contribution in [0.15, 0.2) is 24.3 Å². The Kier molecular flexibility index (Phi) is 3.73. The second kappa shape index (κ2) is 5.01. The van der Waals surface area contributed by atoms with E-state index in [1.54, 1.807) is 0 Å². The summed E-state index contributed by atoms with van der Waals surface area (Å²) in [6, 6.07) is 8.36. The minimum atomic E-state index is -0.0686. The molecule has 1 aromatic carbocycles. The summed E-state index contributed by atoms with van der Waals surface area (Å²) >= 11 is 6.27. The molecule has 1 unspecified atom stereocenters. The number of rotatable bonds is 2. The van der Waals surface area contributed by atoms with Crippen LogP contribution in [0.1, 0.15) is 50.0 Å². The second-order valence-electron chi connectivity index (χ2n) is 6.08. The lowest BCUT2D eigenvalue weighted by atomic mass is 9.90. The summed E-state index contributed by atoms with van der Waals surface area (Å²) in [5.74, 6) is 0.896. The quantitative estimate of drug-likeness (QED) is 0.770. The van der Waals surface area contributed by atoms with Crippen LogP contribution in [-0.2, 0) is 5.41 Å². The highest BCUT2D eigenvalue weighted by Gasteiger charge is 2.25. The minimum Gasteiger partial charge on any atom is -0.340 e. The van der Waals surface area contributed by atoms with E-state index < -0.39 is 0 Å². The molecule has 0 spiro atoms. The van der Waals surface area contributed by atoms with E-state index in [9.17, 15) is 0 Å². The van der Waals surface area contributed by atoms with Crippen LogP contribution in [0.4, 0.5) is 0 Å². The van der Waals surface area contributed by atoms with Gasteiger partial charge in [-0.15, -0.1) is 11.6 Å². The van der Waals surface area contributed by atoms with Crippen molar-refractivity contribution in [1.29, 1.82) is 0 Å². The molecular weight excluding hydrogens is 256 g/mol. The summed E-state index contributed by atoms with van der Waals surface area (Å²) in [5, 5.41) is -0.0686. The van der Waals surface area contributed by atoms with Gasteiger partial charge in [0.2, 0.25) is 0 Å². The van der Waals surface area contributed by atoms with Gasteiger partial charge in [-0.1, -0.05) is 50.6 Å². The standard InChI is InChI=1S/C16H21ClN2/c1-10-6-8-12(9-7-10)15-18-13(11(2)17)14(19-15)16(3,4)5/h6-9,11H,1-5H3,(H,18,19). The van der Waals surface area contributed by atoms with Crippen LogP contribution in [-0.4, -0.2) is 9.97 Å². The van der Waals surface area contributed by atoms with Gasteiger partial charge in [-0.2, -0.15) is 0 Å². The number of benzene rings is 1. The maximum Gasteiger partial charge on any atom is 0.137 e. The van der Waals surface area contributed by atoms with Crippen LogP contribution in [0.5, 0.6) is 0 Å². The van der Waals surface area contributed by atoms with Gasteiger partial charge < -0.3 is 4.98 Å². The van der Waals surface area contributed by atoms with Crippen molar-refractivity contribution in [3.05, 3.63) is 41.2 Å². The fourth-order valence-electron chi connectivity index (χ4n) is 2.09. The lowest BCUT2D eigenvalue weighted by Gasteiger charge is -2.18. The Morgan fingerprint density at radius 2 is 1.74 bits per heavy atom. The average molecular weight is 277 g/mol. The zero-order valence-corrected chi connectivity index (χ0v) is 13.0. The Hall–Kier alpha value is -1.28. The molecule has 0 aliphatic rings. The smallest absolute Gasteiger partial charge is 0.137 e. The molecule has 0 fully saturated rings. The highest BCUT2D eigenvalue weighted by atomic mass is 35.5. The Morgan fingerprint density at radius 1 is 1.16 bits per heavy atom. The van der Waals surface area contributed by atoms with Crippen molar-refractivity contribution in [2.24, 2.45) is 0 Å². The largest absolute Gasteiger partial charge is 0.340 e. The first-order valence-corrected chi connectivity index (χ1v) is 7.04. The van der Waals surface area contributed by atoms with Gasteiger partial charge in [0.1, 0.15) is 5.82 Å². The van der Waals surface area contributed by atoms with E-state index in [0.29, 0.717) is 0 Å². The molecule has 1 atom stereocenters. The zero-order valence-electron chi connectivity index (χ0n) is 12.2. The van der Waals surface area contributed by atoms with Gasteiger partial charge in [0.25, 0.3) is 0 Å². The molecule has 1 N–H and O–H groups in total. The third kappa shape index (κ3) is 3.01. The predicted molar refractivity (Wildman–Crippen MR) is 81.7 cm³/mol. The Morgan fingerprint density at radius 3 is 2.16 bits per heavy atom. The van der Waals surface area contributed by atoms with Crippen molar-refractivity contribution >= 4 is 11.6 Å². The number of aryl methyl sites for hydroxylation is 1. The van der Waals surface area contributed by atoms with E-state index in [1.807, 2.05) is 6.92 Å². The maximum atomic E-state index is 6.27. The molecule has 0 saturated heterocycles. The van der Waals surface area contributed by atoms with Gasteiger partial charge in [0.05, 0.1) is 16.8 Å². The second-order valence-corrected chi connectivity index (χ2v) is 6.73. The van der Waals surface area contributed by atoms with Gasteiger partial charge in [0, 0.05) is 11.0 Å². The van der Waals surface area contributed by atoms with E-state index in [0.717, 1.165) is 22.8 Å². The molecular formula is C16H21ClN2. The number of hydrogen-bond donors (Lipinski definition) is 1. The Labute approximate surface area is 120 Å². The number of aromatic nitrogens is 2. The molecule has 0 aliphatic heterocycles. The molecule has 0 aliphatic carbocycles. The number of nitrogens with zero attached hydrogens (tertiary/aromatic N) is 1. The van der Waals surface area contributed by atoms with Crippen LogP contribution < -0.4 is 0 Å². The summed E-state index contributed by atoms with van der Waals surface area (Å²) in [6.07, 6.45) is 0. The van der Waals surface area contributed by atoms with E-state index in [1.165, 1.54) is 5.56 Å². The molecule has 0 radical (unpaired) electrons. The van der Waals surface area contributed by atoms with E-state index in [-0.39, 0.29) is 10.8 Å². The maximum absolute atomic E-state index is 6.27. The van der Waals surface area contributed by atoms with Crippen LogP contribution >= 0.6 is 11.6 Å². The fourth-order valence-corrected chi connectivity index (χ4v) is 2.25. The van der Waals surface area contributed by atoms with Gasteiger partial charge in [-0.3, -0.25) is 0 Å². The van der Waals surface area contributed by atoms with Gasteiger partial charge in [0.15, 0.2) is 0 Å². The summed E-state index contributed by atoms with van der Waals surface area (Å²) in [4.78, 5) is 8.14. The number of alkyl halides is 1. The normalized spacial score (nSPS) is 13.6. The molecule has 1 aromatic heterocycles. The first-order chi connectivity index (χ1) is 8.79. The third-order valence-electron chi connectivity index (χ3n) is 3.16. The van der Waals surface area contributed by atoms with Crippen LogP contribution in [0.3, 0.4) is 0 Å². The molecule has 19 heavy (non-hydrogen) atoms. The summed E-state index contributed by atoms with van der Waals surface area (Å²) in [7, 11) is 0. The first-order valence-electron chi connectivity index (χ1n) is 6.60. The SMILES string of the molecule is Cc1ccc(-c2nc(C(C)(C)C)c(C(C)Cl)[nH]2)cc1. The summed E-state index contributed by atoms with van der Waals surface area (Å²) in [5.41, 5.74) is 4.39. The predicted octanol–water partition coefficient (Wildman–Crippen LogP) is 4.98. The zero-order chi connectivity index (χ0) is 14.2. The Bertz CT molecular complexity index is 559. The van der Waals surface area contributed by atoms with Crippen molar-refractivity contribution in [3.63, 3.8) is 0 Å². The molecule has 102 valence electrons. The molecule has 2 aromatic rings. The van der Waals surface area contributed by atoms with Gasteiger partial charge in [-0.25, -0.2) is 4.98 Å². The van der Waals surface area contributed by atoms with E-state index >= 15 is 0 Å². The number of nitrogens with one attached hydrogen (secondary N) is 1. The lowest BCUT2D eigenvalue weighted by Crippen LogP contribution is -2.14. The van der Waals surface area contributed by atoms with Crippen molar-refractivity contribution < 1.29 is 0 Å². The molecule has 1 heterocycles. The topological polar surface area (TPSA) is 28.7 Å². The van der Waals surface area contributed by atoms with Crippen LogP contribution in [0.2, 0.25) is 0 Å². The molecule has 3 heteroatoms. The third-order valence-corrected chi connectivity index (χ3v) is 3.38. The number of halogens is 1. The van der Waals surface area contributed by atoms with Crippen molar-refractivity contribution in [1.82, 2.24) is 9.97 Å². The minimum absolute atomic E-state index is 0.0159. The summed E-state index contributed by atoms with van der Waals surface area (Å²) < 4.78 is 0. The van der Waals surface area contributed by atoms with Crippen LogP contribution in [0.25, 0.3) is 11.4 Å². The van der Waals surface area contributed by atoms with E-state index in [2.05, 4.69) is 56.9 Å². The van der Waals surface area contributed by atoms with Gasteiger partial charge >= 0.3 is 0 Å². The monoisotopic (exact) mass is 276 g/mol. The Balaban J connectivity index is 2.52. The van der Waals surface area contributed by atoms with Gasteiger partial charge in [-0.05, 0) is 13.8 Å². The van der Waals surface area contributed by atoms with Crippen molar-refractivity contribution in [3.8, 4) is 11.4 Å². The lowest BCUT2D eigenvalue weighted by molar-refractivity contribution is 0.564. The number of H-pyrrole nitrogens is 1. The highest BCUT2D eigenvalue weighted by Crippen LogP contribution is 2.32. The number of aromatic amines is 1. The molecule has 2 rings (SSSR count). The average Bonchev–Trinajstić information content (AvgIpc) is 2.74. The molecule has 0 bridgehead atoms. The van der Waals surface area contributed by atoms with E-state index in [4.69, 9.17) is 16.6 Å². The van der Waals surface area contributed by atoms with Crippen LogP contribution in [0, 0.1) is 6.92 Å². The van der Waals surface area contributed by atoms with Crippen molar-refractivity contribution in [2.75, 3.05) is 0 Å². The summed E-state index contributed by atoms with van der Waals surface area (Å²) in [6.45, 7) is 10.5. The highest BCUT2D eigenvalue weighted by molar-refractivity contribution is 6.20. The number of hydrogen-bond acceptors (Lipinski definition) is 1. The molecule has 2 nitrogen and oxygen atoms in total.